The van der Waals surface area contributed by atoms with Gasteiger partial charge in [0.05, 0.1) is 9.20 Å². The van der Waals surface area contributed by atoms with Crippen LogP contribution in [0.25, 0.3) is 12.2 Å². The quantitative estimate of drug-likeness (QED) is 0.840. The first-order valence-corrected chi connectivity index (χ1v) is 7.23. The largest absolute Gasteiger partial charge is 0.329 e. The molecule has 0 amide bonds. The Morgan fingerprint density at radius 2 is 2.00 bits per heavy atom. The Hall–Kier alpha value is -2.21. The summed E-state index contributed by atoms with van der Waals surface area (Å²) < 4.78 is 0.963. The van der Waals surface area contributed by atoms with Crippen molar-refractivity contribution in [3.63, 3.8) is 0 Å². The van der Waals surface area contributed by atoms with Crippen LogP contribution in [0.15, 0.2) is 27.9 Å². The van der Waals surface area contributed by atoms with Crippen LogP contribution in [-0.4, -0.2) is 15.8 Å². The minimum Gasteiger partial charge on any atom is -0.329 e. The third-order valence-corrected chi connectivity index (χ3v) is 3.74. The second-order valence-electron chi connectivity index (χ2n) is 5.67. The number of carbonyl (C=O) groups excluding carboxylic acids is 1. The van der Waals surface area contributed by atoms with Gasteiger partial charge in [0.25, 0.3) is 5.56 Å². The predicted octanol–water partition coefficient (Wildman–Crippen LogP) is 0.349. The lowest BCUT2D eigenvalue weighted by Crippen LogP contribution is -2.22. The molecule has 0 saturated carbocycles. The number of rotatable bonds is 2. The fourth-order valence-corrected chi connectivity index (χ4v) is 2.45. The number of Topliss-reactive ketones (excluding diaryl/α,β-unsaturated/α-hetero) is 1. The van der Waals surface area contributed by atoms with Crippen LogP contribution < -0.4 is 20.3 Å². The molecule has 0 bridgehead atoms. The summed E-state index contributed by atoms with van der Waals surface area (Å²) in [5.74, 6) is -0.0531. The van der Waals surface area contributed by atoms with Gasteiger partial charge in [-0.15, -0.1) is 11.3 Å². The van der Waals surface area contributed by atoms with Gasteiger partial charge >= 0.3 is 0 Å². The summed E-state index contributed by atoms with van der Waals surface area (Å²) in [4.78, 5) is 40.2. The van der Waals surface area contributed by atoms with Crippen LogP contribution in [0.4, 0.5) is 0 Å². The number of thiazole rings is 1. The molecule has 0 unspecified atom stereocenters. The maximum atomic E-state index is 11.9. The van der Waals surface area contributed by atoms with Crippen LogP contribution in [-0.2, 0) is 4.79 Å². The molecule has 0 radical (unpaired) electrons. The first-order chi connectivity index (χ1) is 9.75. The van der Waals surface area contributed by atoms with E-state index in [0.29, 0.717) is 14.8 Å². The van der Waals surface area contributed by atoms with E-state index < -0.39 is 5.41 Å². The normalized spacial score (nSPS) is 13.7. The highest BCUT2D eigenvalue weighted by molar-refractivity contribution is 7.07. The Kier molecular flexibility index (Phi) is 4.09. The van der Waals surface area contributed by atoms with Gasteiger partial charge in [-0.3, -0.25) is 14.4 Å². The Morgan fingerprint density at radius 3 is 2.62 bits per heavy atom. The van der Waals surface area contributed by atoms with Crippen molar-refractivity contribution in [3.05, 3.63) is 53.8 Å². The van der Waals surface area contributed by atoms with Gasteiger partial charge in [0.2, 0.25) is 5.56 Å². The highest BCUT2D eigenvalue weighted by Crippen LogP contribution is 2.14. The second kappa shape index (κ2) is 5.65. The molecule has 2 aromatic rings. The van der Waals surface area contributed by atoms with Gasteiger partial charge in [-0.2, -0.15) is 0 Å². The van der Waals surface area contributed by atoms with Crippen molar-refractivity contribution in [3.8, 4) is 0 Å². The molecule has 0 aromatic carbocycles. The molecular weight excluding hydrogens is 288 g/mol. The van der Waals surface area contributed by atoms with Crippen molar-refractivity contribution in [2.75, 3.05) is 0 Å². The molecule has 2 aromatic heterocycles. The van der Waals surface area contributed by atoms with Gasteiger partial charge in [0.15, 0.2) is 5.78 Å². The monoisotopic (exact) mass is 304 g/mol. The summed E-state index contributed by atoms with van der Waals surface area (Å²) in [5.41, 5.74) is -0.350. The molecule has 6 heteroatoms. The molecular formula is C15H16N2O3S. The summed E-state index contributed by atoms with van der Waals surface area (Å²) in [7, 11) is 0. The first kappa shape index (κ1) is 15.2. The summed E-state index contributed by atoms with van der Waals surface area (Å²) in [5, 5.41) is 0. The van der Waals surface area contributed by atoms with Crippen LogP contribution in [0.2, 0.25) is 0 Å². The maximum Gasteiger partial charge on any atom is 0.266 e. The molecule has 0 fully saturated rings. The molecule has 0 aliphatic heterocycles. The van der Waals surface area contributed by atoms with Gasteiger partial charge in [-0.25, -0.2) is 0 Å². The van der Waals surface area contributed by atoms with Crippen molar-refractivity contribution < 1.29 is 4.79 Å². The van der Waals surface area contributed by atoms with E-state index in [2.05, 4.69) is 9.97 Å². The number of H-pyrrole nitrogens is 2. The predicted molar refractivity (Wildman–Crippen MR) is 83.7 cm³/mol. The Morgan fingerprint density at radius 1 is 1.29 bits per heavy atom. The molecule has 110 valence electrons. The maximum absolute atomic E-state index is 11.9. The molecule has 0 aliphatic rings. The van der Waals surface area contributed by atoms with Gasteiger partial charge in [-0.1, -0.05) is 20.8 Å². The lowest BCUT2D eigenvalue weighted by atomic mass is 9.91. The van der Waals surface area contributed by atoms with Gasteiger partial charge < -0.3 is 9.97 Å². The summed E-state index contributed by atoms with van der Waals surface area (Å²) in [6.45, 7) is 5.46. The number of pyridine rings is 1. The van der Waals surface area contributed by atoms with E-state index in [1.165, 1.54) is 29.7 Å². The molecule has 2 rings (SSSR count). The van der Waals surface area contributed by atoms with Crippen molar-refractivity contribution in [1.29, 1.82) is 0 Å². The number of ketones is 1. The summed E-state index contributed by atoms with van der Waals surface area (Å²) >= 11 is 1.19. The number of carbonyl (C=O) groups is 1. The van der Waals surface area contributed by atoms with Crippen molar-refractivity contribution in [1.82, 2.24) is 9.97 Å². The zero-order chi connectivity index (χ0) is 15.6. The van der Waals surface area contributed by atoms with Crippen molar-refractivity contribution in [2.45, 2.75) is 20.8 Å². The highest BCUT2D eigenvalue weighted by Gasteiger charge is 2.18. The average Bonchev–Trinajstić information content (AvgIpc) is 2.68. The van der Waals surface area contributed by atoms with Crippen LogP contribution in [0.5, 0.6) is 0 Å². The zero-order valence-electron chi connectivity index (χ0n) is 12.0. The minimum atomic E-state index is -0.489. The van der Waals surface area contributed by atoms with E-state index in [0.717, 1.165) is 0 Å². The van der Waals surface area contributed by atoms with Gasteiger partial charge in [0, 0.05) is 23.8 Å². The lowest BCUT2D eigenvalue weighted by molar-refractivity contribution is -0.119. The van der Waals surface area contributed by atoms with Crippen molar-refractivity contribution in [2.24, 2.45) is 5.41 Å². The van der Waals surface area contributed by atoms with E-state index in [4.69, 9.17) is 0 Å². The molecule has 0 aliphatic carbocycles. The van der Waals surface area contributed by atoms with E-state index in [-0.39, 0.29) is 16.9 Å². The zero-order valence-corrected chi connectivity index (χ0v) is 12.8. The van der Waals surface area contributed by atoms with Crippen molar-refractivity contribution >= 4 is 29.3 Å². The molecule has 0 spiro atoms. The van der Waals surface area contributed by atoms with E-state index in [1.807, 2.05) is 20.8 Å². The van der Waals surface area contributed by atoms with E-state index in [1.54, 1.807) is 12.1 Å². The number of aromatic amines is 2. The average molecular weight is 304 g/mol. The standard InChI is InChI=1S/C15H16N2O3S/c1-15(2,3)11(18)8-13-17-14(20)10(21-13)6-9-4-5-16-12(19)7-9/h4-8H,1-3H3,(H,16,19)(H,17,20). The van der Waals surface area contributed by atoms with Crippen LogP contribution in [0, 0.1) is 5.41 Å². The highest BCUT2D eigenvalue weighted by atomic mass is 32.1. The Bertz CT molecular complexity index is 894. The van der Waals surface area contributed by atoms with E-state index >= 15 is 0 Å². The van der Waals surface area contributed by atoms with E-state index in [9.17, 15) is 14.4 Å². The third kappa shape index (κ3) is 3.88. The number of nitrogens with one attached hydrogen (secondary N) is 2. The summed E-state index contributed by atoms with van der Waals surface area (Å²) in [6, 6.07) is 3.10. The third-order valence-electron chi connectivity index (χ3n) is 2.78. The fraction of sp³-hybridized carbons (Fsp3) is 0.267. The fourth-order valence-electron chi connectivity index (χ4n) is 1.56. The molecule has 5 nitrogen and oxygen atoms in total. The molecule has 2 heterocycles. The van der Waals surface area contributed by atoms with Crippen LogP contribution in [0.3, 0.4) is 0 Å². The number of hydrogen-bond donors (Lipinski definition) is 2. The van der Waals surface area contributed by atoms with Crippen LogP contribution in [0.1, 0.15) is 26.3 Å². The Labute approximate surface area is 124 Å². The number of hydrogen-bond acceptors (Lipinski definition) is 4. The molecule has 21 heavy (non-hydrogen) atoms. The Balaban J connectivity index is 2.50. The van der Waals surface area contributed by atoms with Gasteiger partial charge in [0.1, 0.15) is 0 Å². The lowest BCUT2D eigenvalue weighted by Gasteiger charge is -2.12. The number of aromatic nitrogens is 2. The first-order valence-electron chi connectivity index (χ1n) is 6.41. The topological polar surface area (TPSA) is 82.8 Å². The van der Waals surface area contributed by atoms with Crippen LogP contribution >= 0.6 is 11.3 Å². The SMILES string of the molecule is CC(C)(C)C(=O)C=c1[nH]c(=O)c(=Cc2cc[nH]c(=O)c2)s1. The molecule has 2 N–H and O–H groups in total. The smallest absolute Gasteiger partial charge is 0.266 e. The molecule has 0 saturated heterocycles. The summed E-state index contributed by atoms with van der Waals surface area (Å²) in [6.07, 6.45) is 4.59. The van der Waals surface area contributed by atoms with Gasteiger partial charge in [-0.05, 0) is 17.7 Å². The molecule has 0 atom stereocenters. The minimum absolute atomic E-state index is 0.0531. The second-order valence-corrected chi connectivity index (χ2v) is 6.76.